The van der Waals surface area contributed by atoms with Crippen molar-refractivity contribution in [1.29, 1.82) is 0 Å². The van der Waals surface area contributed by atoms with Gasteiger partial charge in [0.05, 0.1) is 18.4 Å². The highest BCUT2D eigenvalue weighted by atomic mass is 16.5. The lowest BCUT2D eigenvalue weighted by atomic mass is 10.0. The molecular formula is C14H27N3O2. The normalized spacial score (nSPS) is 13.0. The summed E-state index contributed by atoms with van der Waals surface area (Å²) in [7, 11) is 3.57. The molecular weight excluding hydrogens is 242 g/mol. The molecule has 0 bridgehead atoms. The fourth-order valence-corrected chi connectivity index (χ4v) is 2.37. The molecule has 0 aromatic carbocycles. The van der Waals surface area contributed by atoms with Gasteiger partial charge in [0.1, 0.15) is 0 Å². The largest absolute Gasteiger partial charge is 0.481 e. The Morgan fingerprint density at radius 2 is 2.11 bits per heavy atom. The van der Waals surface area contributed by atoms with Gasteiger partial charge in [0.15, 0.2) is 0 Å². The molecule has 110 valence electrons. The first kappa shape index (κ1) is 16.0. The van der Waals surface area contributed by atoms with E-state index in [9.17, 15) is 0 Å². The van der Waals surface area contributed by atoms with Crippen molar-refractivity contribution < 1.29 is 9.84 Å². The monoisotopic (exact) mass is 269 g/mol. The maximum Gasteiger partial charge on any atom is 0.216 e. The number of hydrogen-bond donors (Lipinski definition) is 2. The minimum atomic E-state index is 0.209. The van der Waals surface area contributed by atoms with Crippen molar-refractivity contribution in [2.75, 3.05) is 13.7 Å². The average Bonchev–Trinajstić information content (AvgIpc) is 2.69. The summed E-state index contributed by atoms with van der Waals surface area (Å²) in [5, 5.41) is 17.1. The van der Waals surface area contributed by atoms with Crippen LogP contribution in [0.1, 0.15) is 38.4 Å². The first-order valence-corrected chi connectivity index (χ1v) is 6.98. The molecule has 0 aliphatic heterocycles. The van der Waals surface area contributed by atoms with E-state index < -0.39 is 0 Å². The fraction of sp³-hybridized carbons (Fsp3) is 0.786. The smallest absolute Gasteiger partial charge is 0.216 e. The molecule has 1 unspecified atom stereocenters. The van der Waals surface area contributed by atoms with Crippen molar-refractivity contribution >= 4 is 0 Å². The zero-order chi connectivity index (χ0) is 14.4. The summed E-state index contributed by atoms with van der Waals surface area (Å²) < 4.78 is 7.21. The highest BCUT2D eigenvalue weighted by molar-refractivity contribution is 5.31. The second kappa shape index (κ2) is 7.50. The number of nitrogens with one attached hydrogen (secondary N) is 1. The first-order chi connectivity index (χ1) is 9.04. The summed E-state index contributed by atoms with van der Waals surface area (Å²) in [6, 6.07) is 0.305. The van der Waals surface area contributed by atoms with Gasteiger partial charge in [-0.05, 0) is 18.8 Å². The maximum atomic E-state index is 9.11. The SMILES string of the molecule is CCc1nn(C)c(OC)c1CNC(CCO)C(C)C. The highest BCUT2D eigenvalue weighted by Gasteiger charge is 2.18. The van der Waals surface area contributed by atoms with Gasteiger partial charge in [-0.25, -0.2) is 4.68 Å². The van der Waals surface area contributed by atoms with Crippen molar-refractivity contribution in [3.8, 4) is 5.88 Å². The molecule has 2 N–H and O–H groups in total. The van der Waals surface area contributed by atoms with Crippen molar-refractivity contribution in [1.82, 2.24) is 15.1 Å². The molecule has 0 saturated heterocycles. The van der Waals surface area contributed by atoms with E-state index in [4.69, 9.17) is 9.84 Å². The Morgan fingerprint density at radius 3 is 2.58 bits per heavy atom. The second-order valence-electron chi connectivity index (χ2n) is 5.16. The quantitative estimate of drug-likeness (QED) is 0.750. The van der Waals surface area contributed by atoms with Crippen LogP contribution in [0.3, 0.4) is 0 Å². The number of aromatic nitrogens is 2. The van der Waals surface area contributed by atoms with E-state index >= 15 is 0 Å². The molecule has 0 amide bonds. The zero-order valence-electron chi connectivity index (χ0n) is 12.7. The van der Waals surface area contributed by atoms with E-state index in [0.29, 0.717) is 12.0 Å². The molecule has 1 aromatic rings. The third kappa shape index (κ3) is 3.94. The number of aryl methyl sites for hydroxylation is 2. The second-order valence-corrected chi connectivity index (χ2v) is 5.16. The third-order valence-corrected chi connectivity index (χ3v) is 3.49. The summed E-state index contributed by atoms with van der Waals surface area (Å²) >= 11 is 0. The van der Waals surface area contributed by atoms with Crippen LogP contribution in [0.2, 0.25) is 0 Å². The average molecular weight is 269 g/mol. The van der Waals surface area contributed by atoms with Crippen molar-refractivity contribution in [2.45, 2.75) is 46.2 Å². The Labute approximate surface area is 116 Å². The highest BCUT2D eigenvalue weighted by Crippen LogP contribution is 2.22. The van der Waals surface area contributed by atoms with Gasteiger partial charge in [0, 0.05) is 26.2 Å². The van der Waals surface area contributed by atoms with Gasteiger partial charge in [0.25, 0.3) is 0 Å². The summed E-state index contributed by atoms with van der Waals surface area (Å²) in [6.45, 7) is 7.35. The number of ether oxygens (including phenoxy) is 1. The van der Waals surface area contributed by atoms with Crippen molar-refractivity contribution in [2.24, 2.45) is 13.0 Å². The lowest BCUT2D eigenvalue weighted by Gasteiger charge is -2.21. The molecule has 0 radical (unpaired) electrons. The van der Waals surface area contributed by atoms with Gasteiger partial charge in [0.2, 0.25) is 5.88 Å². The molecule has 0 saturated carbocycles. The predicted molar refractivity (Wildman–Crippen MR) is 76.3 cm³/mol. The summed E-state index contributed by atoms with van der Waals surface area (Å²) in [6.07, 6.45) is 1.66. The van der Waals surface area contributed by atoms with Crippen LogP contribution in [0.5, 0.6) is 5.88 Å². The number of aliphatic hydroxyl groups is 1. The summed E-state index contributed by atoms with van der Waals surface area (Å²) in [5.74, 6) is 1.30. The molecule has 5 heteroatoms. The van der Waals surface area contributed by atoms with Gasteiger partial charge >= 0.3 is 0 Å². The first-order valence-electron chi connectivity index (χ1n) is 6.98. The fourth-order valence-electron chi connectivity index (χ4n) is 2.37. The number of hydrogen-bond acceptors (Lipinski definition) is 4. The minimum Gasteiger partial charge on any atom is -0.481 e. The Kier molecular flexibility index (Phi) is 6.31. The van der Waals surface area contributed by atoms with Gasteiger partial charge < -0.3 is 15.2 Å². The molecule has 1 rings (SSSR count). The molecule has 19 heavy (non-hydrogen) atoms. The van der Waals surface area contributed by atoms with E-state index in [0.717, 1.165) is 36.5 Å². The standard InChI is InChI=1S/C14H27N3O2/c1-6-12-11(14(19-5)17(4)16-12)9-15-13(7-8-18)10(2)3/h10,13,15,18H,6-9H2,1-5H3. The Morgan fingerprint density at radius 1 is 1.42 bits per heavy atom. The molecule has 1 heterocycles. The molecule has 1 atom stereocenters. The number of rotatable bonds is 8. The van der Waals surface area contributed by atoms with Crippen LogP contribution in [0.4, 0.5) is 0 Å². The number of methoxy groups -OCH3 is 1. The molecule has 5 nitrogen and oxygen atoms in total. The van der Waals surface area contributed by atoms with Gasteiger partial charge in [-0.1, -0.05) is 20.8 Å². The van der Waals surface area contributed by atoms with Gasteiger partial charge in [-0.3, -0.25) is 0 Å². The molecule has 0 aliphatic carbocycles. The maximum absolute atomic E-state index is 9.11. The van der Waals surface area contributed by atoms with Gasteiger partial charge in [-0.15, -0.1) is 0 Å². The van der Waals surface area contributed by atoms with Crippen LogP contribution in [0, 0.1) is 5.92 Å². The molecule has 0 spiro atoms. The lowest BCUT2D eigenvalue weighted by molar-refractivity contribution is 0.243. The van der Waals surface area contributed by atoms with Gasteiger partial charge in [-0.2, -0.15) is 5.10 Å². The van der Waals surface area contributed by atoms with E-state index in [1.54, 1.807) is 11.8 Å². The zero-order valence-corrected chi connectivity index (χ0v) is 12.7. The third-order valence-electron chi connectivity index (χ3n) is 3.49. The van der Waals surface area contributed by atoms with E-state index in [2.05, 4.69) is 31.2 Å². The Bertz CT molecular complexity index is 388. The number of nitrogens with zero attached hydrogens (tertiary/aromatic N) is 2. The van der Waals surface area contributed by atoms with E-state index in [-0.39, 0.29) is 6.61 Å². The topological polar surface area (TPSA) is 59.3 Å². The van der Waals surface area contributed by atoms with E-state index in [1.165, 1.54) is 0 Å². The van der Waals surface area contributed by atoms with Crippen LogP contribution < -0.4 is 10.1 Å². The van der Waals surface area contributed by atoms with E-state index in [1.807, 2.05) is 7.05 Å². The van der Waals surface area contributed by atoms with Crippen LogP contribution >= 0.6 is 0 Å². The molecule has 1 aromatic heterocycles. The predicted octanol–water partition coefficient (Wildman–Crippen LogP) is 1.49. The van der Waals surface area contributed by atoms with Crippen molar-refractivity contribution in [3.63, 3.8) is 0 Å². The summed E-state index contributed by atoms with van der Waals surface area (Å²) in [4.78, 5) is 0. The van der Waals surface area contributed by atoms with Crippen LogP contribution in [-0.2, 0) is 20.0 Å². The summed E-state index contributed by atoms with van der Waals surface area (Å²) in [5.41, 5.74) is 2.19. The van der Waals surface area contributed by atoms with Crippen LogP contribution in [0.15, 0.2) is 0 Å². The Hall–Kier alpha value is -1.07. The lowest BCUT2D eigenvalue weighted by Crippen LogP contribution is -2.34. The Balaban J connectivity index is 2.80. The van der Waals surface area contributed by atoms with Crippen molar-refractivity contribution in [3.05, 3.63) is 11.3 Å². The number of aliphatic hydroxyl groups excluding tert-OH is 1. The van der Waals surface area contributed by atoms with Crippen LogP contribution in [-0.4, -0.2) is 34.6 Å². The molecule has 0 aliphatic rings. The molecule has 0 fully saturated rings. The van der Waals surface area contributed by atoms with Crippen LogP contribution in [0.25, 0.3) is 0 Å². The minimum absolute atomic E-state index is 0.209.